The predicted octanol–water partition coefficient (Wildman–Crippen LogP) is 1.76. The number of hydrogen-bond donors (Lipinski definition) is 2. The van der Waals surface area contributed by atoms with Gasteiger partial charge < -0.3 is 10.6 Å². The van der Waals surface area contributed by atoms with Gasteiger partial charge in [0.1, 0.15) is 17.6 Å². The van der Waals surface area contributed by atoms with Gasteiger partial charge in [0, 0.05) is 0 Å². The number of nitrogens with one attached hydrogen (secondary N) is 2. The molecule has 6 heteroatoms. The van der Waals surface area contributed by atoms with E-state index in [0.29, 0.717) is 18.4 Å². The molecule has 0 aromatic heterocycles. The van der Waals surface area contributed by atoms with E-state index in [9.17, 15) is 14.4 Å². The summed E-state index contributed by atoms with van der Waals surface area (Å²) in [5.41, 5.74) is -1.28. The molecule has 0 unspecified atom stereocenters. The standard InChI is InChI=1S/C19H23N3O3/c1-5-19(6-2,7-3)20-15(23)13-22-16(24)18(4,21-17(22)25)14-11-9-8-10-12-14/h1,8-12H,6-7,13H2,2-4H3,(H,20,23)(H,21,25)/t18-/m0/s1. The smallest absolute Gasteiger partial charge is 0.325 e. The summed E-state index contributed by atoms with van der Waals surface area (Å²) in [6.45, 7) is 5.02. The Morgan fingerprint density at radius 2 is 1.88 bits per heavy atom. The van der Waals surface area contributed by atoms with Crippen molar-refractivity contribution >= 4 is 17.8 Å². The highest BCUT2D eigenvalue weighted by molar-refractivity contribution is 6.09. The Morgan fingerprint density at radius 3 is 2.40 bits per heavy atom. The highest BCUT2D eigenvalue weighted by atomic mass is 16.2. The maximum Gasteiger partial charge on any atom is 0.325 e. The molecular weight excluding hydrogens is 318 g/mol. The van der Waals surface area contributed by atoms with Gasteiger partial charge in [-0.2, -0.15) is 0 Å². The van der Waals surface area contributed by atoms with Crippen molar-refractivity contribution in [3.05, 3.63) is 35.9 Å². The number of imide groups is 1. The quantitative estimate of drug-likeness (QED) is 0.611. The Hall–Kier alpha value is -2.81. The minimum Gasteiger partial charge on any atom is -0.338 e. The van der Waals surface area contributed by atoms with Gasteiger partial charge in [0.05, 0.1) is 0 Å². The van der Waals surface area contributed by atoms with Gasteiger partial charge in [0.25, 0.3) is 5.91 Å². The van der Waals surface area contributed by atoms with Crippen LogP contribution in [0.1, 0.15) is 39.2 Å². The topological polar surface area (TPSA) is 78.5 Å². The second-order valence-electron chi connectivity index (χ2n) is 6.29. The summed E-state index contributed by atoms with van der Waals surface area (Å²) in [7, 11) is 0. The van der Waals surface area contributed by atoms with Crippen molar-refractivity contribution in [2.45, 2.75) is 44.7 Å². The van der Waals surface area contributed by atoms with Gasteiger partial charge in [0.2, 0.25) is 5.91 Å². The van der Waals surface area contributed by atoms with Crippen LogP contribution in [0.3, 0.4) is 0 Å². The van der Waals surface area contributed by atoms with Crippen LogP contribution in [0, 0.1) is 12.3 Å². The fourth-order valence-corrected chi connectivity index (χ4v) is 2.92. The minimum atomic E-state index is -1.18. The molecule has 1 aromatic carbocycles. The molecule has 0 spiro atoms. The molecule has 0 bridgehead atoms. The maximum absolute atomic E-state index is 12.8. The van der Waals surface area contributed by atoms with Crippen molar-refractivity contribution in [3.8, 4) is 12.3 Å². The van der Waals surface area contributed by atoms with Crippen LogP contribution in [0.15, 0.2) is 30.3 Å². The molecule has 25 heavy (non-hydrogen) atoms. The zero-order chi connectivity index (χ0) is 18.7. The summed E-state index contributed by atoms with van der Waals surface area (Å²) in [6, 6.07) is 8.34. The van der Waals surface area contributed by atoms with Crippen LogP contribution in [0.4, 0.5) is 4.79 Å². The molecule has 1 atom stereocenters. The first kappa shape index (κ1) is 18.5. The normalized spacial score (nSPS) is 20.2. The van der Waals surface area contributed by atoms with Crippen LogP contribution < -0.4 is 10.6 Å². The van der Waals surface area contributed by atoms with Crippen LogP contribution in [0.5, 0.6) is 0 Å². The lowest BCUT2D eigenvalue weighted by molar-refractivity contribution is -0.135. The second kappa shape index (κ2) is 6.98. The summed E-state index contributed by atoms with van der Waals surface area (Å²) in [4.78, 5) is 38.3. The van der Waals surface area contributed by atoms with E-state index < -0.39 is 28.9 Å². The number of nitrogens with zero attached hydrogens (tertiary/aromatic N) is 1. The zero-order valence-electron chi connectivity index (χ0n) is 14.8. The van der Waals surface area contributed by atoms with Gasteiger partial charge in [-0.1, -0.05) is 50.1 Å². The largest absolute Gasteiger partial charge is 0.338 e. The van der Waals surface area contributed by atoms with Crippen molar-refractivity contribution in [2.24, 2.45) is 0 Å². The third-order valence-corrected chi connectivity index (χ3v) is 4.79. The van der Waals surface area contributed by atoms with Crippen molar-refractivity contribution < 1.29 is 14.4 Å². The Bertz CT molecular complexity index is 719. The Labute approximate surface area is 148 Å². The van der Waals surface area contributed by atoms with E-state index in [1.165, 1.54) is 0 Å². The molecule has 1 aliphatic heterocycles. The third kappa shape index (κ3) is 3.36. The maximum atomic E-state index is 12.8. The highest BCUT2D eigenvalue weighted by Crippen LogP contribution is 2.28. The summed E-state index contributed by atoms with van der Waals surface area (Å²) in [5.74, 6) is 1.68. The molecule has 1 heterocycles. The van der Waals surface area contributed by atoms with Gasteiger partial charge >= 0.3 is 6.03 Å². The van der Waals surface area contributed by atoms with Gasteiger partial charge in [-0.25, -0.2) is 4.79 Å². The average molecular weight is 341 g/mol. The number of amides is 4. The van der Waals surface area contributed by atoms with E-state index in [2.05, 4.69) is 16.6 Å². The second-order valence-corrected chi connectivity index (χ2v) is 6.29. The Kier molecular flexibility index (Phi) is 5.17. The van der Waals surface area contributed by atoms with E-state index >= 15 is 0 Å². The molecule has 1 saturated heterocycles. The monoisotopic (exact) mass is 341 g/mol. The van der Waals surface area contributed by atoms with Gasteiger partial charge in [-0.3, -0.25) is 14.5 Å². The van der Waals surface area contributed by atoms with Gasteiger partial charge in [-0.15, -0.1) is 6.42 Å². The number of hydrogen-bond acceptors (Lipinski definition) is 3. The van der Waals surface area contributed by atoms with Crippen molar-refractivity contribution in [1.29, 1.82) is 0 Å². The lowest BCUT2D eigenvalue weighted by atomic mass is 9.92. The summed E-state index contributed by atoms with van der Waals surface area (Å²) >= 11 is 0. The molecule has 2 rings (SSSR count). The Morgan fingerprint density at radius 1 is 1.28 bits per heavy atom. The van der Waals surface area contributed by atoms with Crippen LogP contribution in [-0.4, -0.2) is 34.8 Å². The van der Waals surface area contributed by atoms with Crippen LogP contribution >= 0.6 is 0 Å². The SMILES string of the molecule is C#CC(CC)(CC)NC(=O)CN1C(=O)N[C@@](C)(c2ccccc2)C1=O. The minimum absolute atomic E-state index is 0.365. The molecular formula is C19H23N3O3. The van der Waals surface area contributed by atoms with Crippen molar-refractivity contribution in [2.75, 3.05) is 6.54 Å². The molecule has 0 radical (unpaired) electrons. The molecule has 1 fully saturated rings. The molecule has 132 valence electrons. The lowest BCUT2D eigenvalue weighted by Crippen LogP contribution is -2.51. The number of carbonyl (C=O) groups excluding carboxylic acids is 3. The zero-order valence-corrected chi connectivity index (χ0v) is 14.8. The van der Waals surface area contributed by atoms with Gasteiger partial charge in [-0.05, 0) is 25.3 Å². The number of benzene rings is 1. The van der Waals surface area contributed by atoms with E-state index in [1.54, 1.807) is 31.2 Å². The molecule has 6 nitrogen and oxygen atoms in total. The summed E-state index contributed by atoms with van der Waals surface area (Å²) in [5, 5.41) is 5.44. The number of urea groups is 1. The summed E-state index contributed by atoms with van der Waals surface area (Å²) < 4.78 is 0. The number of carbonyl (C=O) groups is 3. The fraction of sp³-hybridized carbons (Fsp3) is 0.421. The summed E-state index contributed by atoms with van der Waals surface area (Å²) in [6.07, 6.45) is 6.66. The van der Waals surface area contributed by atoms with Crippen molar-refractivity contribution in [3.63, 3.8) is 0 Å². The number of rotatable bonds is 6. The third-order valence-electron chi connectivity index (χ3n) is 4.79. The van der Waals surface area contributed by atoms with Crippen LogP contribution in [0.2, 0.25) is 0 Å². The molecule has 2 N–H and O–H groups in total. The van der Waals surface area contributed by atoms with Crippen LogP contribution in [0.25, 0.3) is 0 Å². The number of terminal acetylenes is 1. The fourth-order valence-electron chi connectivity index (χ4n) is 2.92. The van der Waals surface area contributed by atoms with E-state index in [4.69, 9.17) is 6.42 Å². The van der Waals surface area contributed by atoms with Crippen molar-refractivity contribution in [1.82, 2.24) is 15.5 Å². The molecule has 4 amide bonds. The first-order chi connectivity index (χ1) is 11.8. The Balaban J connectivity index is 2.16. The van der Waals surface area contributed by atoms with Gasteiger partial charge in [0.15, 0.2) is 0 Å². The molecule has 1 aliphatic rings. The lowest BCUT2D eigenvalue weighted by Gasteiger charge is -2.28. The van der Waals surface area contributed by atoms with E-state index in [0.717, 1.165) is 4.90 Å². The van der Waals surface area contributed by atoms with E-state index in [-0.39, 0.29) is 6.54 Å². The first-order valence-corrected chi connectivity index (χ1v) is 8.30. The predicted molar refractivity (Wildman–Crippen MR) is 94.3 cm³/mol. The molecule has 1 aromatic rings. The van der Waals surface area contributed by atoms with E-state index in [1.807, 2.05) is 19.9 Å². The molecule has 0 saturated carbocycles. The van der Waals surface area contributed by atoms with Crippen LogP contribution in [-0.2, 0) is 15.1 Å². The molecule has 0 aliphatic carbocycles. The average Bonchev–Trinajstić information content (AvgIpc) is 2.85. The first-order valence-electron chi connectivity index (χ1n) is 8.30. The highest BCUT2D eigenvalue weighted by Gasteiger charge is 2.49.